The molecule has 2 heteroatoms. The molecule has 0 aliphatic rings. The fourth-order valence-corrected chi connectivity index (χ4v) is 2.48. The SMILES string of the molecule is C=CC(=O)Nc1ccc2ccccc2c1-c1ccccc1. The first-order valence-electron chi connectivity index (χ1n) is 6.80. The average molecular weight is 273 g/mol. The van der Waals surface area contributed by atoms with E-state index in [2.05, 4.69) is 24.0 Å². The minimum Gasteiger partial charge on any atom is -0.322 e. The number of amides is 1. The Bertz CT molecular complexity index is 806. The Morgan fingerprint density at radius 3 is 2.38 bits per heavy atom. The van der Waals surface area contributed by atoms with Crippen LogP contribution in [0.5, 0.6) is 0 Å². The summed E-state index contributed by atoms with van der Waals surface area (Å²) in [6.45, 7) is 3.51. The number of rotatable bonds is 3. The summed E-state index contributed by atoms with van der Waals surface area (Å²) in [6, 6.07) is 22.2. The molecule has 3 aromatic rings. The van der Waals surface area contributed by atoms with Crippen LogP contribution in [-0.4, -0.2) is 5.91 Å². The maximum absolute atomic E-state index is 11.7. The lowest BCUT2D eigenvalue weighted by Gasteiger charge is -2.14. The summed E-state index contributed by atoms with van der Waals surface area (Å²) in [7, 11) is 0. The van der Waals surface area contributed by atoms with Gasteiger partial charge in [-0.1, -0.05) is 67.2 Å². The molecule has 0 saturated heterocycles. The van der Waals surface area contributed by atoms with Crippen LogP contribution in [0.3, 0.4) is 0 Å². The van der Waals surface area contributed by atoms with Gasteiger partial charge >= 0.3 is 0 Å². The number of carbonyl (C=O) groups excluding carboxylic acids is 1. The van der Waals surface area contributed by atoms with Gasteiger partial charge in [-0.15, -0.1) is 0 Å². The molecule has 0 fully saturated rings. The van der Waals surface area contributed by atoms with E-state index in [9.17, 15) is 4.79 Å². The van der Waals surface area contributed by atoms with Crippen LogP contribution >= 0.6 is 0 Å². The zero-order chi connectivity index (χ0) is 14.7. The molecular weight excluding hydrogens is 258 g/mol. The lowest BCUT2D eigenvalue weighted by atomic mass is 9.96. The second-order valence-electron chi connectivity index (χ2n) is 4.77. The van der Waals surface area contributed by atoms with E-state index in [0.29, 0.717) is 0 Å². The highest BCUT2D eigenvalue weighted by Gasteiger charge is 2.10. The number of anilines is 1. The van der Waals surface area contributed by atoms with Crippen molar-refractivity contribution in [3.63, 3.8) is 0 Å². The normalized spacial score (nSPS) is 10.3. The standard InChI is InChI=1S/C19H15NO/c1-2-18(21)20-17-13-12-14-8-6-7-11-16(14)19(17)15-9-4-3-5-10-15/h2-13H,1H2,(H,20,21). The van der Waals surface area contributed by atoms with Gasteiger partial charge in [0.2, 0.25) is 5.91 Å². The molecule has 2 nitrogen and oxygen atoms in total. The van der Waals surface area contributed by atoms with E-state index >= 15 is 0 Å². The summed E-state index contributed by atoms with van der Waals surface area (Å²) in [5, 5.41) is 5.16. The van der Waals surface area contributed by atoms with E-state index in [0.717, 1.165) is 27.6 Å². The Hall–Kier alpha value is -2.87. The molecule has 3 rings (SSSR count). The first-order valence-corrected chi connectivity index (χ1v) is 6.80. The van der Waals surface area contributed by atoms with Crippen molar-refractivity contribution in [2.45, 2.75) is 0 Å². The van der Waals surface area contributed by atoms with Gasteiger partial charge < -0.3 is 5.32 Å². The molecule has 0 aromatic heterocycles. The van der Waals surface area contributed by atoms with Gasteiger partial charge in [0.1, 0.15) is 0 Å². The fourth-order valence-electron chi connectivity index (χ4n) is 2.48. The van der Waals surface area contributed by atoms with Crippen LogP contribution in [0.25, 0.3) is 21.9 Å². The lowest BCUT2D eigenvalue weighted by Crippen LogP contribution is -2.08. The predicted molar refractivity (Wildman–Crippen MR) is 88.2 cm³/mol. The Kier molecular flexibility index (Phi) is 3.52. The van der Waals surface area contributed by atoms with Crippen molar-refractivity contribution < 1.29 is 4.79 Å². The minimum absolute atomic E-state index is 0.206. The van der Waals surface area contributed by atoms with E-state index in [1.807, 2.05) is 54.6 Å². The van der Waals surface area contributed by atoms with Crippen molar-refractivity contribution in [2.24, 2.45) is 0 Å². The van der Waals surface area contributed by atoms with E-state index < -0.39 is 0 Å². The van der Waals surface area contributed by atoms with Crippen molar-refractivity contribution >= 4 is 22.4 Å². The molecule has 1 N–H and O–H groups in total. The summed E-state index contributed by atoms with van der Waals surface area (Å²) in [4.78, 5) is 11.7. The van der Waals surface area contributed by atoms with Crippen molar-refractivity contribution in [3.05, 3.63) is 79.4 Å². The van der Waals surface area contributed by atoms with Crippen LogP contribution in [0, 0.1) is 0 Å². The van der Waals surface area contributed by atoms with Gasteiger partial charge in [0.25, 0.3) is 0 Å². The quantitative estimate of drug-likeness (QED) is 0.692. The molecule has 102 valence electrons. The van der Waals surface area contributed by atoms with Gasteiger partial charge in [0.05, 0.1) is 0 Å². The van der Waals surface area contributed by atoms with Crippen LogP contribution in [0.15, 0.2) is 79.4 Å². The van der Waals surface area contributed by atoms with Gasteiger partial charge in [-0.2, -0.15) is 0 Å². The number of nitrogens with one attached hydrogen (secondary N) is 1. The second-order valence-corrected chi connectivity index (χ2v) is 4.77. The average Bonchev–Trinajstić information content (AvgIpc) is 2.55. The van der Waals surface area contributed by atoms with E-state index in [4.69, 9.17) is 0 Å². The number of hydrogen-bond acceptors (Lipinski definition) is 1. The Balaban J connectivity index is 2.28. The molecule has 0 heterocycles. The highest BCUT2D eigenvalue weighted by Crippen LogP contribution is 2.35. The molecule has 0 bridgehead atoms. The minimum atomic E-state index is -0.206. The maximum Gasteiger partial charge on any atom is 0.247 e. The summed E-state index contributed by atoms with van der Waals surface area (Å²) < 4.78 is 0. The number of fused-ring (bicyclic) bond motifs is 1. The molecule has 0 aliphatic carbocycles. The Labute approximate surface area is 123 Å². The molecule has 3 aromatic carbocycles. The lowest BCUT2D eigenvalue weighted by molar-refractivity contribution is -0.111. The maximum atomic E-state index is 11.7. The third-order valence-corrected chi connectivity index (χ3v) is 3.43. The summed E-state index contributed by atoms with van der Waals surface area (Å²) in [6.07, 6.45) is 1.28. The molecule has 21 heavy (non-hydrogen) atoms. The van der Waals surface area contributed by atoms with E-state index in [-0.39, 0.29) is 5.91 Å². The summed E-state index contributed by atoms with van der Waals surface area (Å²) in [5.41, 5.74) is 2.90. The highest BCUT2D eigenvalue weighted by atomic mass is 16.1. The van der Waals surface area contributed by atoms with Gasteiger partial charge in [-0.05, 0) is 28.5 Å². The van der Waals surface area contributed by atoms with Crippen molar-refractivity contribution in [2.75, 3.05) is 5.32 Å². The predicted octanol–water partition coefficient (Wildman–Crippen LogP) is 4.63. The van der Waals surface area contributed by atoms with Gasteiger partial charge in [-0.3, -0.25) is 4.79 Å². The van der Waals surface area contributed by atoms with Crippen LogP contribution in [0.2, 0.25) is 0 Å². The second kappa shape index (κ2) is 5.63. The van der Waals surface area contributed by atoms with Crippen molar-refractivity contribution in [1.29, 1.82) is 0 Å². The molecule has 0 saturated carbocycles. The monoisotopic (exact) mass is 273 g/mol. The van der Waals surface area contributed by atoms with Crippen LogP contribution in [0.1, 0.15) is 0 Å². The number of benzene rings is 3. The van der Waals surface area contributed by atoms with Gasteiger partial charge in [0, 0.05) is 11.3 Å². The molecule has 0 unspecified atom stereocenters. The van der Waals surface area contributed by atoms with Crippen LogP contribution in [0.4, 0.5) is 5.69 Å². The van der Waals surface area contributed by atoms with Crippen molar-refractivity contribution in [1.82, 2.24) is 0 Å². The van der Waals surface area contributed by atoms with E-state index in [1.54, 1.807) is 0 Å². The molecule has 0 atom stereocenters. The largest absolute Gasteiger partial charge is 0.322 e. The smallest absolute Gasteiger partial charge is 0.247 e. The third kappa shape index (κ3) is 2.56. The first-order chi connectivity index (χ1) is 10.3. The van der Waals surface area contributed by atoms with Crippen LogP contribution < -0.4 is 5.32 Å². The first kappa shape index (κ1) is 13.1. The molecule has 1 amide bonds. The highest BCUT2D eigenvalue weighted by molar-refractivity contribution is 6.08. The van der Waals surface area contributed by atoms with E-state index in [1.165, 1.54) is 6.08 Å². The zero-order valence-electron chi connectivity index (χ0n) is 11.5. The van der Waals surface area contributed by atoms with Gasteiger partial charge in [-0.25, -0.2) is 0 Å². The molecular formula is C19H15NO. The number of hydrogen-bond donors (Lipinski definition) is 1. The Morgan fingerprint density at radius 1 is 0.905 bits per heavy atom. The molecule has 0 spiro atoms. The van der Waals surface area contributed by atoms with Gasteiger partial charge in [0.15, 0.2) is 0 Å². The summed E-state index contributed by atoms with van der Waals surface area (Å²) in [5.74, 6) is -0.206. The Morgan fingerprint density at radius 2 is 1.62 bits per heavy atom. The molecule has 0 radical (unpaired) electrons. The summed E-state index contributed by atoms with van der Waals surface area (Å²) >= 11 is 0. The third-order valence-electron chi connectivity index (χ3n) is 3.43. The van der Waals surface area contributed by atoms with Crippen molar-refractivity contribution in [3.8, 4) is 11.1 Å². The molecule has 0 aliphatic heterocycles. The number of carbonyl (C=O) groups is 1. The zero-order valence-corrected chi connectivity index (χ0v) is 11.5. The topological polar surface area (TPSA) is 29.1 Å². The fraction of sp³-hybridized carbons (Fsp3) is 0. The van der Waals surface area contributed by atoms with Crippen LogP contribution in [-0.2, 0) is 4.79 Å².